The van der Waals surface area contributed by atoms with Crippen LogP contribution in [-0.2, 0) is 6.18 Å². The number of halogens is 3. The summed E-state index contributed by atoms with van der Waals surface area (Å²) in [5.41, 5.74) is -0.610. The van der Waals surface area contributed by atoms with Crippen molar-refractivity contribution < 1.29 is 28.2 Å². The van der Waals surface area contributed by atoms with Crippen LogP contribution in [-0.4, -0.2) is 22.3 Å². The van der Waals surface area contributed by atoms with E-state index in [0.717, 1.165) is 24.3 Å². The Bertz CT molecular complexity index is 417. The fraction of sp³-hybridized carbons (Fsp3) is 0.364. The fourth-order valence-corrected chi connectivity index (χ4v) is 1.43. The zero-order chi connectivity index (χ0) is 13.9. The first-order chi connectivity index (χ1) is 8.21. The van der Waals surface area contributed by atoms with Gasteiger partial charge in [-0.15, -0.1) is 0 Å². The zero-order valence-corrected chi connectivity index (χ0v) is 9.40. The summed E-state index contributed by atoms with van der Waals surface area (Å²) in [6, 6.07) is 3.10. The molecule has 1 rings (SSSR count). The number of hydrogen-bond donors (Lipinski definition) is 3. The average Bonchev–Trinajstić information content (AvgIpc) is 2.26. The van der Waals surface area contributed by atoms with Crippen LogP contribution in [0.2, 0.25) is 0 Å². The molecule has 0 radical (unpaired) electrons. The predicted octanol–water partition coefficient (Wildman–Crippen LogP) is 2.39. The lowest BCUT2D eigenvalue weighted by Crippen LogP contribution is -2.35. The van der Waals surface area contributed by atoms with Crippen molar-refractivity contribution in [2.24, 2.45) is 0 Å². The summed E-state index contributed by atoms with van der Waals surface area (Å²) in [6.45, 7) is 1.41. The maximum atomic E-state index is 12.3. The Kier molecular flexibility index (Phi) is 4.18. The maximum Gasteiger partial charge on any atom is 0.416 e. The molecule has 18 heavy (non-hydrogen) atoms. The summed E-state index contributed by atoms with van der Waals surface area (Å²) < 4.78 is 36.9. The third kappa shape index (κ3) is 3.63. The summed E-state index contributed by atoms with van der Waals surface area (Å²) in [5, 5.41) is 20.2. The number of aliphatic hydroxyl groups excluding tert-OH is 1. The van der Waals surface area contributed by atoms with Crippen molar-refractivity contribution in [2.45, 2.75) is 25.2 Å². The smallest absolute Gasteiger partial charge is 0.416 e. The minimum atomic E-state index is -4.44. The highest BCUT2D eigenvalue weighted by molar-refractivity contribution is 5.64. The van der Waals surface area contributed by atoms with Gasteiger partial charge in [-0.1, -0.05) is 12.1 Å². The van der Waals surface area contributed by atoms with Crippen LogP contribution in [0.5, 0.6) is 0 Å². The normalized spacial score (nSPS) is 14.9. The molecule has 0 saturated carbocycles. The van der Waals surface area contributed by atoms with Gasteiger partial charge in [0.15, 0.2) is 0 Å². The van der Waals surface area contributed by atoms with E-state index in [4.69, 9.17) is 5.11 Å². The highest BCUT2D eigenvalue weighted by Gasteiger charge is 2.30. The van der Waals surface area contributed by atoms with Gasteiger partial charge in [0, 0.05) is 0 Å². The largest absolute Gasteiger partial charge is 0.465 e. The number of hydrogen-bond acceptors (Lipinski definition) is 2. The fourth-order valence-electron chi connectivity index (χ4n) is 1.43. The van der Waals surface area contributed by atoms with Crippen LogP contribution < -0.4 is 5.32 Å². The molecule has 2 atom stereocenters. The van der Waals surface area contributed by atoms with E-state index < -0.39 is 30.0 Å². The van der Waals surface area contributed by atoms with Gasteiger partial charge in [0.25, 0.3) is 0 Å². The van der Waals surface area contributed by atoms with Crippen molar-refractivity contribution in [2.75, 3.05) is 0 Å². The molecule has 0 aliphatic carbocycles. The molecular weight excluding hydrogens is 251 g/mol. The summed E-state index contributed by atoms with van der Waals surface area (Å²) in [6.07, 6.45) is -6.95. The average molecular weight is 263 g/mol. The van der Waals surface area contributed by atoms with Gasteiger partial charge >= 0.3 is 12.3 Å². The standard InChI is InChI=1S/C11H12F3NO3/c1-6(15-10(17)18)9(16)7-2-4-8(5-3-7)11(12,13)14/h2-6,9,15-16H,1H3,(H,17,18)/t6-,9+/m0/s1. The molecule has 0 spiro atoms. The Balaban J connectivity index is 2.82. The van der Waals surface area contributed by atoms with Crippen LogP contribution in [0.4, 0.5) is 18.0 Å². The van der Waals surface area contributed by atoms with Crippen LogP contribution in [0, 0.1) is 0 Å². The summed E-state index contributed by atoms with van der Waals surface area (Å²) in [7, 11) is 0. The van der Waals surface area contributed by atoms with Gasteiger partial charge in [-0.05, 0) is 24.6 Å². The summed E-state index contributed by atoms with van der Waals surface area (Å²) in [4.78, 5) is 10.4. The molecule has 7 heteroatoms. The molecule has 0 bridgehead atoms. The van der Waals surface area contributed by atoms with E-state index in [1.165, 1.54) is 6.92 Å². The van der Waals surface area contributed by atoms with Crippen molar-refractivity contribution in [3.05, 3.63) is 35.4 Å². The van der Waals surface area contributed by atoms with E-state index >= 15 is 0 Å². The highest BCUT2D eigenvalue weighted by Crippen LogP contribution is 2.30. The second kappa shape index (κ2) is 5.26. The van der Waals surface area contributed by atoms with E-state index in [-0.39, 0.29) is 5.56 Å². The molecule has 0 aliphatic heterocycles. The number of benzene rings is 1. The van der Waals surface area contributed by atoms with Gasteiger partial charge in [-0.25, -0.2) is 4.79 Å². The second-order valence-corrected chi connectivity index (χ2v) is 3.80. The number of amides is 1. The Morgan fingerprint density at radius 2 is 1.78 bits per heavy atom. The number of rotatable bonds is 3. The summed E-state index contributed by atoms with van der Waals surface area (Å²) >= 11 is 0. The Morgan fingerprint density at radius 3 is 2.17 bits per heavy atom. The van der Waals surface area contributed by atoms with Gasteiger partial charge < -0.3 is 15.5 Å². The van der Waals surface area contributed by atoms with E-state index in [0.29, 0.717) is 0 Å². The molecule has 0 saturated heterocycles. The van der Waals surface area contributed by atoms with Crippen molar-refractivity contribution in [3.63, 3.8) is 0 Å². The quantitative estimate of drug-likeness (QED) is 0.784. The lowest BCUT2D eigenvalue weighted by molar-refractivity contribution is -0.137. The molecule has 0 fully saturated rings. The third-order valence-electron chi connectivity index (χ3n) is 2.40. The van der Waals surface area contributed by atoms with E-state index in [1.54, 1.807) is 0 Å². The summed E-state index contributed by atoms with van der Waals surface area (Å²) in [5.74, 6) is 0. The molecule has 100 valence electrons. The van der Waals surface area contributed by atoms with E-state index in [2.05, 4.69) is 0 Å². The van der Waals surface area contributed by atoms with Gasteiger partial charge in [0.1, 0.15) is 0 Å². The number of alkyl halides is 3. The SMILES string of the molecule is C[C@H](NC(=O)O)[C@@H](O)c1ccc(C(F)(F)F)cc1. The lowest BCUT2D eigenvalue weighted by atomic mass is 10.0. The monoisotopic (exact) mass is 263 g/mol. The number of carbonyl (C=O) groups is 1. The van der Waals surface area contributed by atoms with Crippen molar-refractivity contribution >= 4 is 6.09 Å². The highest BCUT2D eigenvalue weighted by atomic mass is 19.4. The predicted molar refractivity (Wildman–Crippen MR) is 57.0 cm³/mol. The first kappa shape index (κ1) is 14.3. The molecule has 1 aromatic carbocycles. The van der Waals surface area contributed by atoms with Crippen LogP contribution in [0.1, 0.15) is 24.2 Å². The molecule has 4 nitrogen and oxygen atoms in total. The maximum absolute atomic E-state index is 12.3. The van der Waals surface area contributed by atoms with Gasteiger partial charge in [-0.2, -0.15) is 13.2 Å². The molecular formula is C11H12F3NO3. The van der Waals surface area contributed by atoms with E-state index in [1.807, 2.05) is 5.32 Å². The minimum absolute atomic E-state index is 0.212. The lowest BCUT2D eigenvalue weighted by Gasteiger charge is -2.19. The van der Waals surface area contributed by atoms with Crippen molar-refractivity contribution in [1.29, 1.82) is 0 Å². The minimum Gasteiger partial charge on any atom is -0.465 e. The third-order valence-corrected chi connectivity index (χ3v) is 2.40. The molecule has 3 N–H and O–H groups in total. The molecule has 0 heterocycles. The van der Waals surface area contributed by atoms with Crippen LogP contribution in [0.25, 0.3) is 0 Å². The van der Waals surface area contributed by atoms with Gasteiger partial charge in [-0.3, -0.25) is 0 Å². The zero-order valence-electron chi connectivity index (χ0n) is 9.40. The Hall–Kier alpha value is -1.76. The molecule has 0 aromatic heterocycles. The molecule has 1 aromatic rings. The van der Waals surface area contributed by atoms with Crippen LogP contribution in [0.15, 0.2) is 24.3 Å². The number of aliphatic hydroxyl groups is 1. The first-order valence-electron chi connectivity index (χ1n) is 5.06. The van der Waals surface area contributed by atoms with Gasteiger partial charge in [0.2, 0.25) is 0 Å². The first-order valence-corrected chi connectivity index (χ1v) is 5.06. The number of nitrogens with one attached hydrogen (secondary N) is 1. The van der Waals surface area contributed by atoms with Crippen molar-refractivity contribution in [1.82, 2.24) is 5.32 Å². The van der Waals surface area contributed by atoms with Crippen molar-refractivity contribution in [3.8, 4) is 0 Å². The molecule has 1 amide bonds. The number of carboxylic acid groups (broad SMARTS) is 1. The second-order valence-electron chi connectivity index (χ2n) is 3.80. The molecule has 0 unspecified atom stereocenters. The van der Waals surface area contributed by atoms with Crippen LogP contribution in [0.3, 0.4) is 0 Å². The van der Waals surface area contributed by atoms with Crippen LogP contribution >= 0.6 is 0 Å². The van der Waals surface area contributed by atoms with E-state index in [9.17, 15) is 23.1 Å². The van der Waals surface area contributed by atoms with Gasteiger partial charge in [0.05, 0.1) is 17.7 Å². The Morgan fingerprint density at radius 1 is 1.28 bits per heavy atom. The topological polar surface area (TPSA) is 69.6 Å². The Labute approximate surface area is 101 Å². The molecule has 0 aliphatic rings.